The van der Waals surface area contributed by atoms with Crippen molar-refractivity contribution < 1.29 is 0 Å². The van der Waals surface area contributed by atoms with E-state index in [-0.39, 0.29) is 0 Å². The van der Waals surface area contributed by atoms with E-state index in [2.05, 4.69) is 15.4 Å². The standard InChI is InChI=1S/C16H21N5/c17-16(19-13-6-4-5-7-13)18-12-14-10-11-21(20-14)15-8-2-1-3-9-15/h1-3,8-11,13H,4-7,12H2,(H3,17,18,19). The quantitative estimate of drug-likeness (QED) is 0.668. The molecule has 1 saturated carbocycles. The largest absolute Gasteiger partial charge is 0.370 e. The molecule has 1 heterocycles. The normalized spacial score (nSPS) is 16.3. The van der Waals surface area contributed by atoms with Gasteiger partial charge in [-0.2, -0.15) is 5.10 Å². The highest BCUT2D eigenvalue weighted by atomic mass is 15.3. The van der Waals surface area contributed by atoms with Crippen LogP contribution in [0.2, 0.25) is 0 Å². The number of rotatable bonds is 4. The van der Waals surface area contributed by atoms with Gasteiger partial charge in [-0.15, -0.1) is 0 Å². The molecule has 0 spiro atoms. The molecular formula is C16H21N5. The molecule has 1 aliphatic carbocycles. The SMILES string of the molecule is NC(=NCc1ccn(-c2ccccc2)n1)NC1CCCC1. The zero-order chi connectivity index (χ0) is 14.5. The highest BCUT2D eigenvalue weighted by Crippen LogP contribution is 2.17. The molecule has 0 saturated heterocycles. The molecule has 1 aliphatic rings. The third kappa shape index (κ3) is 3.62. The highest BCUT2D eigenvalue weighted by molar-refractivity contribution is 5.78. The van der Waals surface area contributed by atoms with Gasteiger partial charge in [0.2, 0.25) is 0 Å². The van der Waals surface area contributed by atoms with Crippen molar-refractivity contribution in [3.63, 3.8) is 0 Å². The van der Waals surface area contributed by atoms with Crippen LogP contribution in [0.4, 0.5) is 0 Å². The summed E-state index contributed by atoms with van der Waals surface area (Å²) in [5.74, 6) is 0.524. The van der Waals surface area contributed by atoms with Gasteiger partial charge in [0.25, 0.3) is 0 Å². The maximum absolute atomic E-state index is 5.92. The predicted molar refractivity (Wildman–Crippen MR) is 84.3 cm³/mol. The molecule has 0 radical (unpaired) electrons. The molecule has 0 unspecified atom stereocenters. The Morgan fingerprint density at radius 3 is 2.76 bits per heavy atom. The first-order chi connectivity index (χ1) is 10.3. The Balaban J connectivity index is 1.59. The summed E-state index contributed by atoms with van der Waals surface area (Å²) in [6.45, 7) is 0.505. The molecule has 1 fully saturated rings. The number of aliphatic imine (C=N–C) groups is 1. The zero-order valence-electron chi connectivity index (χ0n) is 12.1. The summed E-state index contributed by atoms with van der Waals surface area (Å²) in [5, 5.41) is 7.79. The van der Waals surface area contributed by atoms with Crippen molar-refractivity contribution in [2.24, 2.45) is 10.7 Å². The molecule has 0 amide bonds. The zero-order valence-corrected chi connectivity index (χ0v) is 12.1. The Morgan fingerprint density at radius 2 is 2.00 bits per heavy atom. The van der Waals surface area contributed by atoms with Gasteiger partial charge in [0, 0.05) is 12.2 Å². The van der Waals surface area contributed by atoms with E-state index in [1.165, 1.54) is 25.7 Å². The van der Waals surface area contributed by atoms with Gasteiger partial charge in [-0.3, -0.25) is 0 Å². The molecule has 0 aliphatic heterocycles. The van der Waals surface area contributed by atoms with E-state index >= 15 is 0 Å². The molecule has 0 bridgehead atoms. The Labute approximate surface area is 124 Å². The number of aromatic nitrogens is 2. The van der Waals surface area contributed by atoms with Crippen LogP contribution in [0.15, 0.2) is 47.6 Å². The monoisotopic (exact) mass is 283 g/mol. The number of hydrogen-bond acceptors (Lipinski definition) is 2. The molecule has 3 rings (SSSR count). The molecule has 1 aromatic carbocycles. The summed E-state index contributed by atoms with van der Waals surface area (Å²) < 4.78 is 1.85. The summed E-state index contributed by atoms with van der Waals surface area (Å²) in [6, 6.07) is 12.5. The number of nitrogens with one attached hydrogen (secondary N) is 1. The number of benzene rings is 1. The van der Waals surface area contributed by atoms with Crippen molar-refractivity contribution in [1.29, 1.82) is 0 Å². The molecule has 110 valence electrons. The fourth-order valence-corrected chi connectivity index (χ4v) is 2.66. The Bertz CT molecular complexity index is 596. The van der Waals surface area contributed by atoms with E-state index in [9.17, 15) is 0 Å². The van der Waals surface area contributed by atoms with Crippen molar-refractivity contribution in [2.45, 2.75) is 38.3 Å². The second-order valence-electron chi connectivity index (χ2n) is 5.41. The Morgan fingerprint density at radius 1 is 1.24 bits per heavy atom. The second-order valence-corrected chi connectivity index (χ2v) is 5.41. The maximum atomic E-state index is 5.92. The number of guanidine groups is 1. The van der Waals surface area contributed by atoms with Crippen LogP contribution in [-0.4, -0.2) is 21.8 Å². The smallest absolute Gasteiger partial charge is 0.189 e. The number of hydrogen-bond donors (Lipinski definition) is 2. The first-order valence-corrected chi connectivity index (χ1v) is 7.48. The van der Waals surface area contributed by atoms with Crippen LogP contribution in [0.1, 0.15) is 31.4 Å². The molecule has 1 aromatic heterocycles. The molecule has 5 nitrogen and oxygen atoms in total. The third-order valence-electron chi connectivity index (χ3n) is 3.78. The van der Waals surface area contributed by atoms with E-state index in [0.29, 0.717) is 18.5 Å². The van der Waals surface area contributed by atoms with Crippen LogP contribution >= 0.6 is 0 Å². The minimum atomic E-state index is 0.496. The first kappa shape index (κ1) is 13.7. The molecule has 0 atom stereocenters. The van der Waals surface area contributed by atoms with E-state index in [1.54, 1.807) is 0 Å². The second kappa shape index (κ2) is 6.43. The van der Waals surface area contributed by atoms with E-state index in [4.69, 9.17) is 5.73 Å². The van der Waals surface area contributed by atoms with Crippen LogP contribution in [0.5, 0.6) is 0 Å². The predicted octanol–water partition coefficient (Wildman–Crippen LogP) is 2.22. The molecule has 2 aromatic rings. The fourth-order valence-electron chi connectivity index (χ4n) is 2.66. The van der Waals surface area contributed by atoms with Gasteiger partial charge < -0.3 is 11.1 Å². The van der Waals surface area contributed by atoms with Crippen molar-refractivity contribution in [3.8, 4) is 5.69 Å². The minimum Gasteiger partial charge on any atom is -0.370 e. The van der Waals surface area contributed by atoms with Crippen molar-refractivity contribution in [1.82, 2.24) is 15.1 Å². The lowest BCUT2D eigenvalue weighted by atomic mass is 10.2. The maximum Gasteiger partial charge on any atom is 0.189 e. The number of para-hydroxylation sites is 1. The van der Waals surface area contributed by atoms with Crippen molar-refractivity contribution >= 4 is 5.96 Å². The van der Waals surface area contributed by atoms with Gasteiger partial charge in [-0.25, -0.2) is 9.67 Å². The van der Waals surface area contributed by atoms with Gasteiger partial charge in [0.05, 0.1) is 17.9 Å². The lowest BCUT2D eigenvalue weighted by molar-refractivity contribution is 0.625. The number of nitrogens with zero attached hydrogens (tertiary/aromatic N) is 3. The average Bonchev–Trinajstić information content (AvgIpc) is 3.17. The first-order valence-electron chi connectivity index (χ1n) is 7.48. The summed E-state index contributed by atoms with van der Waals surface area (Å²) in [4.78, 5) is 4.37. The van der Waals surface area contributed by atoms with E-state index in [1.807, 2.05) is 47.3 Å². The van der Waals surface area contributed by atoms with Gasteiger partial charge in [-0.1, -0.05) is 31.0 Å². The molecule has 3 N–H and O–H groups in total. The van der Waals surface area contributed by atoms with Gasteiger partial charge in [0.15, 0.2) is 5.96 Å². The third-order valence-corrected chi connectivity index (χ3v) is 3.78. The topological polar surface area (TPSA) is 68.2 Å². The molecular weight excluding hydrogens is 262 g/mol. The van der Waals surface area contributed by atoms with Gasteiger partial charge >= 0.3 is 0 Å². The lowest BCUT2D eigenvalue weighted by Crippen LogP contribution is -2.38. The Kier molecular flexibility index (Phi) is 4.19. The summed E-state index contributed by atoms with van der Waals surface area (Å²) in [5.41, 5.74) is 7.88. The number of nitrogens with two attached hydrogens (primary N) is 1. The van der Waals surface area contributed by atoms with Gasteiger partial charge in [-0.05, 0) is 31.0 Å². The summed E-state index contributed by atoms with van der Waals surface area (Å²) >= 11 is 0. The molecule has 21 heavy (non-hydrogen) atoms. The van der Waals surface area contributed by atoms with Gasteiger partial charge in [0.1, 0.15) is 0 Å². The van der Waals surface area contributed by atoms with Crippen LogP contribution in [0.3, 0.4) is 0 Å². The Hall–Kier alpha value is -2.30. The van der Waals surface area contributed by atoms with E-state index < -0.39 is 0 Å². The highest BCUT2D eigenvalue weighted by Gasteiger charge is 2.14. The van der Waals surface area contributed by atoms with Crippen LogP contribution < -0.4 is 11.1 Å². The van der Waals surface area contributed by atoms with Crippen molar-refractivity contribution in [2.75, 3.05) is 0 Å². The van der Waals surface area contributed by atoms with Crippen LogP contribution in [-0.2, 0) is 6.54 Å². The van der Waals surface area contributed by atoms with E-state index in [0.717, 1.165) is 11.4 Å². The molecule has 5 heteroatoms. The van der Waals surface area contributed by atoms with Crippen LogP contribution in [0, 0.1) is 0 Å². The fraction of sp³-hybridized carbons (Fsp3) is 0.375. The summed E-state index contributed by atoms with van der Waals surface area (Å²) in [6.07, 6.45) is 6.90. The lowest BCUT2D eigenvalue weighted by Gasteiger charge is -2.11. The minimum absolute atomic E-state index is 0.496. The summed E-state index contributed by atoms with van der Waals surface area (Å²) in [7, 11) is 0. The van der Waals surface area contributed by atoms with Crippen molar-refractivity contribution in [3.05, 3.63) is 48.3 Å². The average molecular weight is 283 g/mol. The van der Waals surface area contributed by atoms with Crippen LogP contribution in [0.25, 0.3) is 5.69 Å².